The van der Waals surface area contributed by atoms with Gasteiger partial charge >= 0.3 is 0 Å². The molecule has 5 N–H and O–H groups in total. The number of carbonyl (C=O) groups is 1. The van der Waals surface area contributed by atoms with Gasteiger partial charge in [0.2, 0.25) is 5.91 Å². The van der Waals surface area contributed by atoms with Gasteiger partial charge in [0.25, 0.3) is 10.1 Å². The van der Waals surface area contributed by atoms with Crippen molar-refractivity contribution in [3.05, 3.63) is 96.0 Å². The van der Waals surface area contributed by atoms with Crippen molar-refractivity contribution >= 4 is 71.8 Å². The van der Waals surface area contributed by atoms with Crippen LogP contribution in [0, 0.1) is 6.92 Å². The summed E-state index contributed by atoms with van der Waals surface area (Å²) >= 11 is 7.98. The minimum Gasteiger partial charge on any atom is -0.455 e. The van der Waals surface area contributed by atoms with Crippen molar-refractivity contribution in [1.82, 2.24) is 24.2 Å². The zero-order valence-corrected chi connectivity index (χ0v) is 28.0. The topological polar surface area (TPSA) is 174 Å². The van der Waals surface area contributed by atoms with E-state index < -0.39 is 15.7 Å². The van der Waals surface area contributed by atoms with Crippen LogP contribution in [-0.4, -0.2) is 49.9 Å². The molecule has 0 saturated heterocycles. The van der Waals surface area contributed by atoms with E-state index in [1.165, 1.54) is 30.0 Å². The molecule has 48 heavy (non-hydrogen) atoms. The Hall–Kier alpha value is -4.60. The molecule has 3 aromatic heterocycles. The van der Waals surface area contributed by atoms with Gasteiger partial charge in [0.15, 0.2) is 5.82 Å². The van der Waals surface area contributed by atoms with Crippen molar-refractivity contribution < 1.29 is 22.5 Å². The summed E-state index contributed by atoms with van der Waals surface area (Å²) in [5, 5.41) is 7.58. The van der Waals surface area contributed by atoms with Crippen LogP contribution in [0.1, 0.15) is 26.8 Å². The number of anilines is 2. The summed E-state index contributed by atoms with van der Waals surface area (Å²) in [7, 11) is -4.02. The third-order valence-electron chi connectivity index (χ3n) is 6.87. The van der Waals surface area contributed by atoms with Crippen LogP contribution in [0.5, 0.6) is 11.5 Å². The minimum atomic E-state index is -4.02. The highest BCUT2D eigenvalue weighted by molar-refractivity contribution is 7.85. The molecule has 0 atom stereocenters. The molecule has 12 nitrogen and oxygen atoms in total. The molecule has 0 aliphatic carbocycles. The van der Waals surface area contributed by atoms with Crippen molar-refractivity contribution in [2.45, 2.75) is 45.2 Å². The van der Waals surface area contributed by atoms with Gasteiger partial charge in [-0.3, -0.25) is 9.35 Å². The molecule has 1 amide bonds. The second-order valence-corrected chi connectivity index (χ2v) is 13.8. The zero-order valence-electron chi connectivity index (χ0n) is 25.6. The molecule has 3 aromatic carbocycles. The highest BCUT2D eigenvalue weighted by Gasteiger charge is 2.21. The predicted molar refractivity (Wildman–Crippen MR) is 191 cm³/mol. The number of fused-ring (bicyclic) bond motifs is 2. The Bertz CT molecular complexity index is 2140. The lowest BCUT2D eigenvalue weighted by Gasteiger charge is -2.18. The first kappa shape index (κ1) is 36.2. The number of carbonyl (C=O) groups excluding carboxylic acids is 1. The first-order chi connectivity index (χ1) is 22.3. The van der Waals surface area contributed by atoms with Crippen LogP contribution in [0.2, 0.25) is 5.02 Å². The largest absolute Gasteiger partial charge is 0.455 e. The van der Waals surface area contributed by atoms with E-state index >= 15 is 0 Å². The Labute approximate surface area is 287 Å². The van der Waals surface area contributed by atoms with Crippen molar-refractivity contribution in [2.24, 2.45) is 5.73 Å². The summed E-state index contributed by atoms with van der Waals surface area (Å²) in [5.41, 5.74) is 8.21. The number of amides is 1. The van der Waals surface area contributed by atoms with E-state index in [-0.39, 0.29) is 18.2 Å². The standard InChI is InChI=1S/C25H24ClN7O2S.C7H8O3S.CH4/c1-25(2,27)24(34)28-9-11-33-10-8-18-22(33)23(30-14-29-18)32-15-6-7-20(17(26)12-15)35-19-4-3-5-21-16(19)13-31-36-21;1-6-2-4-7(5-3-6)11(8,9)10;/h3-8,10,12-14H,9,11,27H2,1-2H3,(H,28,34)(H,29,30,32);2-5H,1H3,(H,8,9,10);1H4. The number of aromatic nitrogens is 4. The van der Waals surface area contributed by atoms with Crippen molar-refractivity contribution in [3.63, 3.8) is 0 Å². The number of ether oxygens (including phenoxy) is 1. The molecule has 0 aliphatic rings. The quantitative estimate of drug-likeness (QED) is 0.115. The minimum absolute atomic E-state index is 0. The van der Waals surface area contributed by atoms with Crippen LogP contribution in [-0.2, 0) is 21.5 Å². The average molecular weight is 710 g/mol. The lowest BCUT2D eigenvalue weighted by atomic mass is 10.1. The summed E-state index contributed by atoms with van der Waals surface area (Å²) in [6.07, 6.45) is 5.20. The van der Waals surface area contributed by atoms with Crippen LogP contribution in [0.4, 0.5) is 11.5 Å². The van der Waals surface area contributed by atoms with E-state index in [0.717, 1.165) is 32.4 Å². The van der Waals surface area contributed by atoms with Crippen LogP contribution < -0.4 is 21.1 Å². The van der Waals surface area contributed by atoms with E-state index in [2.05, 4.69) is 25.0 Å². The molecule has 0 spiro atoms. The normalized spacial score (nSPS) is 11.4. The molecule has 0 fully saturated rings. The van der Waals surface area contributed by atoms with Crippen molar-refractivity contribution in [1.29, 1.82) is 0 Å². The van der Waals surface area contributed by atoms with Gasteiger partial charge in [-0.1, -0.05) is 42.8 Å². The van der Waals surface area contributed by atoms with Gasteiger partial charge in [-0.2, -0.15) is 12.8 Å². The number of aryl methyl sites for hydroxylation is 1. The van der Waals surface area contributed by atoms with E-state index in [0.29, 0.717) is 35.4 Å². The predicted octanol–water partition coefficient (Wildman–Crippen LogP) is 6.96. The van der Waals surface area contributed by atoms with Crippen LogP contribution in [0.15, 0.2) is 90.3 Å². The number of nitrogens with one attached hydrogen (secondary N) is 2. The Morgan fingerprint density at radius 1 is 1.08 bits per heavy atom. The molecule has 3 heterocycles. The molecule has 0 bridgehead atoms. The summed E-state index contributed by atoms with van der Waals surface area (Å²) in [5.74, 6) is 1.64. The highest BCUT2D eigenvalue weighted by Crippen LogP contribution is 2.36. The zero-order chi connectivity index (χ0) is 33.8. The first-order valence-corrected chi connectivity index (χ1v) is 16.9. The number of rotatable bonds is 9. The molecule has 0 saturated carbocycles. The maximum Gasteiger partial charge on any atom is 0.294 e. The molecule has 15 heteroatoms. The molecule has 252 valence electrons. The number of halogens is 1. The molecule has 0 aliphatic heterocycles. The summed E-state index contributed by atoms with van der Waals surface area (Å²) in [6, 6.07) is 19.2. The van der Waals surface area contributed by atoms with E-state index in [9.17, 15) is 13.2 Å². The molecule has 6 aromatic rings. The summed E-state index contributed by atoms with van der Waals surface area (Å²) in [6.45, 7) is 6.13. The summed E-state index contributed by atoms with van der Waals surface area (Å²) in [4.78, 5) is 20.8. The van der Waals surface area contributed by atoms with Gasteiger partial charge < -0.3 is 25.7 Å². The van der Waals surface area contributed by atoms with Gasteiger partial charge in [0.1, 0.15) is 23.3 Å². The molecule has 0 unspecified atom stereocenters. The fourth-order valence-electron chi connectivity index (χ4n) is 4.41. The smallest absolute Gasteiger partial charge is 0.294 e. The first-order valence-electron chi connectivity index (χ1n) is 14.3. The van der Waals surface area contributed by atoms with Gasteiger partial charge in [0, 0.05) is 25.0 Å². The Kier molecular flexibility index (Phi) is 11.4. The SMILES string of the molecule is C.CC(C)(N)C(=O)NCCn1ccc2ncnc(Nc3ccc(Oc4cccc5sncc45)c(Cl)c3)c21.Cc1ccc(S(=O)(=O)O)cc1. The Morgan fingerprint density at radius 3 is 2.52 bits per heavy atom. The maximum absolute atomic E-state index is 12.1. The summed E-state index contributed by atoms with van der Waals surface area (Å²) < 4.78 is 42.9. The van der Waals surface area contributed by atoms with Gasteiger partial charge in [-0.05, 0) is 80.8 Å². The molecule has 6 rings (SSSR count). The van der Waals surface area contributed by atoms with E-state index in [1.54, 1.807) is 38.2 Å². The van der Waals surface area contributed by atoms with Crippen LogP contribution >= 0.6 is 23.1 Å². The van der Waals surface area contributed by atoms with E-state index in [1.807, 2.05) is 54.1 Å². The third kappa shape index (κ3) is 8.85. The van der Waals surface area contributed by atoms with Crippen molar-refractivity contribution in [3.8, 4) is 11.5 Å². The second-order valence-electron chi connectivity index (χ2n) is 11.1. The molecule has 0 radical (unpaired) electrons. The number of nitrogens with two attached hydrogens (primary N) is 1. The number of benzene rings is 3. The van der Waals surface area contributed by atoms with Crippen LogP contribution in [0.3, 0.4) is 0 Å². The maximum atomic E-state index is 12.1. The fraction of sp³-hybridized carbons (Fsp3) is 0.212. The van der Waals surface area contributed by atoms with Crippen molar-refractivity contribution in [2.75, 3.05) is 11.9 Å². The Morgan fingerprint density at radius 2 is 1.83 bits per heavy atom. The van der Waals surface area contributed by atoms with Crippen LogP contribution in [0.25, 0.3) is 21.1 Å². The number of hydrogen-bond acceptors (Lipinski definition) is 10. The number of hydrogen-bond donors (Lipinski definition) is 4. The second kappa shape index (κ2) is 15.1. The average Bonchev–Trinajstić information content (AvgIpc) is 3.67. The number of nitrogens with zero attached hydrogens (tertiary/aromatic N) is 4. The fourth-order valence-corrected chi connectivity index (χ4v) is 5.77. The lowest BCUT2D eigenvalue weighted by Crippen LogP contribution is -2.49. The van der Waals surface area contributed by atoms with Gasteiger partial charge in [0.05, 0.1) is 37.3 Å². The Balaban J connectivity index is 0.000000370. The molecular formula is C33H36ClN7O5S2. The molecular weight excluding hydrogens is 674 g/mol. The monoisotopic (exact) mass is 709 g/mol. The van der Waals surface area contributed by atoms with Gasteiger partial charge in [-0.15, -0.1) is 0 Å². The van der Waals surface area contributed by atoms with Gasteiger partial charge in [-0.25, -0.2) is 9.97 Å². The third-order valence-corrected chi connectivity index (χ3v) is 8.79. The lowest BCUT2D eigenvalue weighted by molar-refractivity contribution is -0.125. The highest BCUT2D eigenvalue weighted by atomic mass is 35.5. The van der Waals surface area contributed by atoms with E-state index in [4.69, 9.17) is 26.6 Å².